The summed E-state index contributed by atoms with van der Waals surface area (Å²) in [6, 6.07) is 5.98. The second-order valence-corrected chi connectivity index (χ2v) is 7.00. The molecule has 0 N–H and O–H groups in total. The number of benzene rings is 1. The highest BCUT2D eigenvalue weighted by Crippen LogP contribution is 2.46. The maximum Gasteiger partial charge on any atom is 0.146 e. The summed E-state index contributed by atoms with van der Waals surface area (Å²) in [5, 5.41) is 0.214. The Hall–Kier alpha value is -0.900. The van der Waals surface area contributed by atoms with Gasteiger partial charge in [0.2, 0.25) is 0 Å². The van der Waals surface area contributed by atoms with Gasteiger partial charge in [-0.25, -0.2) is 0 Å². The summed E-state index contributed by atoms with van der Waals surface area (Å²) in [6.07, 6.45) is 3.59. The Morgan fingerprint density at radius 1 is 1.19 bits per heavy atom. The predicted molar refractivity (Wildman–Crippen MR) is 88.6 cm³/mol. The molecular formula is C16H16Cl2O2S. The van der Waals surface area contributed by atoms with E-state index in [1.165, 1.54) is 23.3 Å². The van der Waals surface area contributed by atoms with Gasteiger partial charge >= 0.3 is 0 Å². The molecule has 0 amide bonds. The quantitative estimate of drug-likeness (QED) is 0.707. The highest BCUT2D eigenvalue weighted by molar-refractivity contribution is 7.12. The molecule has 1 heterocycles. The molecule has 0 radical (unpaired) electrons. The summed E-state index contributed by atoms with van der Waals surface area (Å²) in [5.41, 5.74) is 2.32. The number of halogens is 2. The zero-order valence-corrected chi connectivity index (χ0v) is 14.2. The first kappa shape index (κ1) is 15.0. The zero-order chi connectivity index (χ0) is 15.0. The third-order valence-corrected chi connectivity index (χ3v) is 6.06. The van der Waals surface area contributed by atoms with Crippen LogP contribution in [-0.4, -0.2) is 14.2 Å². The van der Waals surface area contributed by atoms with Crippen LogP contribution in [0.4, 0.5) is 0 Å². The molecule has 0 saturated carbocycles. The normalized spacial score (nSPS) is 14.9. The number of hydrogen-bond acceptors (Lipinski definition) is 3. The monoisotopic (exact) mass is 342 g/mol. The molecule has 1 aromatic heterocycles. The standard InChI is InChI=1S/C16H16Cl2O2S/c1-19-11-7-6-10(16(20-2)15(11)18)14(17)13-8-9-4-3-5-12(9)21-13/h6-8,14H,3-5H2,1-2H3. The van der Waals surface area contributed by atoms with Crippen molar-refractivity contribution in [3.63, 3.8) is 0 Å². The first-order valence-corrected chi connectivity index (χ1v) is 8.44. The van der Waals surface area contributed by atoms with Crippen LogP contribution in [0, 0.1) is 0 Å². The molecule has 2 nitrogen and oxygen atoms in total. The van der Waals surface area contributed by atoms with Gasteiger partial charge in [0, 0.05) is 15.3 Å². The number of ether oxygens (including phenoxy) is 2. The van der Waals surface area contributed by atoms with Gasteiger partial charge in [0.25, 0.3) is 0 Å². The van der Waals surface area contributed by atoms with Crippen LogP contribution in [0.2, 0.25) is 5.02 Å². The van der Waals surface area contributed by atoms with Gasteiger partial charge in [0.05, 0.1) is 19.6 Å². The average molecular weight is 343 g/mol. The molecule has 3 rings (SSSR count). The topological polar surface area (TPSA) is 18.5 Å². The van der Waals surface area contributed by atoms with E-state index in [1.807, 2.05) is 12.1 Å². The van der Waals surface area contributed by atoms with Crippen LogP contribution in [0.15, 0.2) is 18.2 Å². The van der Waals surface area contributed by atoms with Crippen molar-refractivity contribution in [3.05, 3.63) is 44.1 Å². The van der Waals surface area contributed by atoms with E-state index in [1.54, 1.807) is 25.6 Å². The second kappa shape index (κ2) is 6.07. The number of hydrogen-bond donors (Lipinski definition) is 0. The fourth-order valence-electron chi connectivity index (χ4n) is 2.75. The third-order valence-electron chi connectivity index (χ3n) is 3.80. The molecule has 0 spiro atoms. The fourth-order valence-corrected chi connectivity index (χ4v) is 4.70. The number of fused-ring (bicyclic) bond motifs is 1. The molecule has 1 atom stereocenters. The number of alkyl halides is 1. The maximum absolute atomic E-state index is 6.68. The molecule has 1 aromatic carbocycles. The first-order chi connectivity index (χ1) is 10.2. The van der Waals surface area contributed by atoms with Crippen molar-refractivity contribution >= 4 is 34.5 Å². The van der Waals surface area contributed by atoms with Gasteiger partial charge in [-0.05, 0) is 43.0 Å². The summed E-state index contributed by atoms with van der Waals surface area (Å²) in [5.74, 6) is 1.18. The minimum Gasteiger partial charge on any atom is -0.495 e. The lowest BCUT2D eigenvalue weighted by Crippen LogP contribution is -1.98. The first-order valence-electron chi connectivity index (χ1n) is 6.81. The molecule has 0 aliphatic heterocycles. The van der Waals surface area contributed by atoms with Gasteiger partial charge in [-0.2, -0.15) is 0 Å². The average Bonchev–Trinajstić information content (AvgIpc) is 3.07. The number of aryl methyl sites for hydroxylation is 2. The van der Waals surface area contributed by atoms with Gasteiger partial charge in [-0.1, -0.05) is 11.6 Å². The molecule has 2 aromatic rings. The van der Waals surface area contributed by atoms with Crippen LogP contribution in [0.3, 0.4) is 0 Å². The van der Waals surface area contributed by atoms with Crippen molar-refractivity contribution in [2.45, 2.75) is 24.6 Å². The van der Waals surface area contributed by atoms with Gasteiger partial charge in [-0.15, -0.1) is 22.9 Å². The third kappa shape index (κ3) is 2.63. The van der Waals surface area contributed by atoms with E-state index in [0.717, 1.165) is 16.9 Å². The minimum absolute atomic E-state index is 0.251. The molecule has 1 aliphatic rings. The van der Waals surface area contributed by atoms with E-state index in [9.17, 15) is 0 Å². The minimum atomic E-state index is -0.251. The van der Waals surface area contributed by atoms with Crippen molar-refractivity contribution < 1.29 is 9.47 Å². The summed E-state index contributed by atoms with van der Waals surface area (Å²) < 4.78 is 10.7. The molecule has 1 unspecified atom stereocenters. The van der Waals surface area contributed by atoms with Gasteiger partial charge in [-0.3, -0.25) is 0 Å². The van der Waals surface area contributed by atoms with Crippen LogP contribution in [-0.2, 0) is 12.8 Å². The van der Waals surface area contributed by atoms with E-state index in [4.69, 9.17) is 32.7 Å². The fraction of sp³-hybridized carbons (Fsp3) is 0.375. The van der Waals surface area contributed by atoms with Gasteiger partial charge in [0.1, 0.15) is 16.5 Å². The number of thiophene rings is 1. The lowest BCUT2D eigenvalue weighted by molar-refractivity contribution is 0.392. The van der Waals surface area contributed by atoms with E-state index < -0.39 is 0 Å². The molecule has 112 valence electrons. The van der Waals surface area contributed by atoms with E-state index in [-0.39, 0.29) is 5.38 Å². The number of rotatable bonds is 4. The van der Waals surface area contributed by atoms with E-state index in [2.05, 4.69) is 6.07 Å². The smallest absolute Gasteiger partial charge is 0.146 e. The SMILES string of the molecule is COc1ccc(C(Cl)c2cc3c(s2)CCC3)c(OC)c1Cl. The molecule has 0 fully saturated rings. The Morgan fingerprint density at radius 2 is 2.00 bits per heavy atom. The summed E-state index contributed by atoms with van der Waals surface area (Å²) >= 11 is 14.8. The Kier molecular flexibility index (Phi) is 4.34. The lowest BCUT2D eigenvalue weighted by atomic mass is 10.1. The lowest BCUT2D eigenvalue weighted by Gasteiger charge is -2.16. The van der Waals surface area contributed by atoms with Crippen molar-refractivity contribution in [2.24, 2.45) is 0 Å². The van der Waals surface area contributed by atoms with E-state index in [0.29, 0.717) is 16.5 Å². The largest absolute Gasteiger partial charge is 0.495 e. The van der Waals surface area contributed by atoms with Crippen molar-refractivity contribution in [1.82, 2.24) is 0 Å². The van der Waals surface area contributed by atoms with Gasteiger partial charge < -0.3 is 9.47 Å². The van der Waals surface area contributed by atoms with Crippen LogP contribution >= 0.6 is 34.5 Å². The van der Waals surface area contributed by atoms with Crippen LogP contribution in [0.1, 0.15) is 32.7 Å². The van der Waals surface area contributed by atoms with E-state index >= 15 is 0 Å². The summed E-state index contributed by atoms with van der Waals surface area (Å²) in [4.78, 5) is 2.62. The predicted octanol–water partition coefficient (Wildman–Crippen LogP) is 5.24. The number of methoxy groups -OCH3 is 2. The molecule has 5 heteroatoms. The Balaban J connectivity index is 2.00. The highest BCUT2D eigenvalue weighted by Gasteiger charge is 2.24. The zero-order valence-electron chi connectivity index (χ0n) is 11.9. The van der Waals surface area contributed by atoms with Crippen LogP contribution in [0.25, 0.3) is 0 Å². The summed E-state index contributed by atoms with van der Waals surface area (Å²) in [6.45, 7) is 0. The summed E-state index contributed by atoms with van der Waals surface area (Å²) in [7, 11) is 3.19. The maximum atomic E-state index is 6.68. The Bertz CT molecular complexity index is 645. The van der Waals surface area contributed by atoms with Crippen molar-refractivity contribution in [2.75, 3.05) is 14.2 Å². The molecule has 0 bridgehead atoms. The van der Waals surface area contributed by atoms with Crippen LogP contribution < -0.4 is 9.47 Å². The molecule has 0 saturated heterocycles. The highest BCUT2D eigenvalue weighted by atomic mass is 35.5. The second-order valence-electron chi connectivity index (χ2n) is 5.02. The molecule has 21 heavy (non-hydrogen) atoms. The molecular weight excluding hydrogens is 327 g/mol. The van der Waals surface area contributed by atoms with Crippen molar-refractivity contribution in [3.8, 4) is 11.5 Å². The Morgan fingerprint density at radius 3 is 2.67 bits per heavy atom. The van der Waals surface area contributed by atoms with Gasteiger partial charge in [0.15, 0.2) is 0 Å². The Labute approximate surface area is 138 Å². The van der Waals surface area contributed by atoms with Crippen LogP contribution in [0.5, 0.6) is 11.5 Å². The van der Waals surface area contributed by atoms with Crippen molar-refractivity contribution in [1.29, 1.82) is 0 Å². The molecule has 1 aliphatic carbocycles.